The number of hydrogen-bond acceptors (Lipinski definition) is 4. The van der Waals surface area contributed by atoms with Gasteiger partial charge in [-0.25, -0.2) is 0 Å². The predicted octanol–water partition coefficient (Wildman–Crippen LogP) is 1.35. The highest BCUT2D eigenvalue weighted by atomic mass is 16.5. The van der Waals surface area contributed by atoms with Crippen molar-refractivity contribution in [1.29, 1.82) is 0 Å². The molecule has 0 radical (unpaired) electrons. The predicted molar refractivity (Wildman–Crippen MR) is 65.7 cm³/mol. The summed E-state index contributed by atoms with van der Waals surface area (Å²) in [6.07, 6.45) is 0.0101. The summed E-state index contributed by atoms with van der Waals surface area (Å²) in [4.78, 5) is 14.0. The Morgan fingerprint density at radius 1 is 1.33 bits per heavy atom. The maximum absolute atomic E-state index is 12.3. The molecule has 2 unspecified atom stereocenters. The van der Waals surface area contributed by atoms with E-state index in [2.05, 4.69) is 0 Å². The third kappa shape index (κ3) is 2.41. The summed E-state index contributed by atoms with van der Waals surface area (Å²) in [5.74, 6) is -0.669. The van der Waals surface area contributed by atoms with Crippen molar-refractivity contribution in [3.63, 3.8) is 0 Å². The molecule has 0 saturated carbocycles. The molecule has 98 valence electrons. The molecular weight excluding hydrogens is 234 g/mol. The maximum atomic E-state index is 12.3. The minimum Gasteiger partial charge on any atom is -0.504 e. The third-order valence-corrected chi connectivity index (χ3v) is 3.09. The van der Waals surface area contributed by atoms with Gasteiger partial charge in [0.25, 0.3) is 5.91 Å². The SMILES string of the molecule is CC1CN(C(=O)c2ccc(O)c(O)c2)C(C)CO1. The zero-order valence-corrected chi connectivity index (χ0v) is 10.5. The lowest BCUT2D eigenvalue weighted by atomic mass is 10.1. The average Bonchev–Trinajstić information content (AvgIpc) is 2.35. The first kappa shape index (κ1) is 12.7. The highest BCUT2D eigenvalue weighted by Gasteiger charge is 2.28. The van der Waals surface area contributed by atoms with Crippen LogP contribution in [0.25, 0.3) is 0 Å². The summed E-state index contributed by atoms with van der Waals surface area (Å²) < 4.78 is 5.47. The lowest BCUT2D eigenvalue weighted by Gasteiger charge is -2.36. The van der Waals surface area contributed by atoms with Gasteiger partial charge in [-0.15, -0.1) is 0 Å². The summed E-state index contributed by atoms with van der Waals surface area (Å²) in [7, 11) is 0. The van der Waals surface area contributed by atoms with E-state index in [1.807, 2.05) is 13.8 Å². The number of carbonyl (C=O) groups excluding carboxylic acids is 1. The highest BCUT2D eigenvalue weighted by molar-refractivity contribution is 5.95. The molecule has 2 N–H and O–H groups in total. The van der Waals surface area contributed by atoms with Crippen LogP contribution in [0.3, 0.4) is 0 Å². The van der Waals surface area contributed by atoms with Crippen molar-refractivity contribution >= 4 is 5.91 Å². The normalized spacial score (nSPS) is 24.0. The van der Waals surface area contributed by atoms with Crippen LogP contribution in [0.5, 0.6) is 11.5 Å². The number of hydrogen-bond donors (Lipinski definition) is 2. The van der Waals surface area contributed by atoms with Crippen LogP contribution in [0.4, 0.5) is 0 Å². The average molecular weight is 251 g/mol. The molecule has 1 amide bonds. The number of phenols is 2. The molecule has 2 atom stereocenters. The van der Waals surface area contributed by atoms with Crippen molar-refractivity contribution in [2.45, 2.75) is 26.0 Å². The minimum atomic E-state index is -0.283. The molecule has 0 aliphatic carbocycles. The van der Waals surface area contributed by atoms with Gasteiger partial charge in [0, 0.05) is 12.1 Å². The molecule has 1 aromatic carbocycles. The number of rotatable bonds is 1. The van der Waals surface area contributed by atoms with Gasteiger partial charge in [0.2, 0.25) is 0 Å². The van der Waals surface area contributed by atoms with Gasteiger partial charge >= 0.3 is 0 Å². The zero-order chi connectivity index (χ0) is 13.3. The molecule has 1 aliphatic heterocycles. The van der Waals surface area contributed by atoms with Gasteiger partial charge in [0.1, 0.15) is 0 Å². The molecule has 5 nitrogen and oxygen atoms in total. The summed E-state index contributed by atoms with van der Waals surface area (Å²) in [6, 6.07) is 4.11. The minimum absolute atomic E-state index is 0.00430. The number of carbonyl (C=O) groups is 1. The molecule has 2 rings (SSSR count). The Bertz CT molecular complexity index is 460. The molecule has 0 bridgehead atoms. The Morgan fingerprint density at radius 2 is 2.06 bits per heavy atom. The van der Waals surface area contributed by atoms with Gasteiger partial charge in [0.15, 0.2) is 11.5 Å². The lowest BCUT2D eigenvalue weighted by molar-refractivity contribution is -0.0387. The fourth-order valence-corrected chi connectivity index (χ4v) is 2.01. The molecule has 1 aromatic rings. The number of nitrogens with zero attached hydrogens (tertiary/aromatic N) is 1. The van der Waals surface area contributed by atoms with Crippen LogP contribution >= 0.6 is 0 Å². The first-order chi connectivity index (χ1) is 8.49. The van der Waals surface area contributed by atoms with E-state index in [1.54, 1.807) is 4.90 Å². The van der Waals surface area contributed by atoms with Crippen molar-refractivity contribution < 1.29 is 19.7 Å². The lowest BCUT2D eigenvalue weighted by Crippen LogP contribution is -2.50. The maximum Gasteiger partial charge on any atom is 0.254 e. The summed E-state index contributed by atoms with van der Waals surface area (Å²) in [6.45, 7) is 4.88. The second kappa shape index (κ2) is 4.86. The van der Waals surface area contributed by atoms with Crippen LogP contribution in [0.15, 0.2) is 18.2 Å². The quantitative estimate of drug-likeness (QED) is 0.739. The second-order valence-corrected chi connectivity index (χ2v) is 4.65. The van der Waals surface area contributed by atoms with Gasteiger partial charge in [-0.2, -0.15) is 0 Å². The van der Waals surface area contributed by atoms with Gasteiger partial charge in [0.05, 0.1) is 18.8 Å². The van der Waals surface area contributed by atoms with Gasteiger partial charge in [-0.05, 0) is 32.0 Å². The van der Waals surface area contributed by atoms with Gasteiger partial charge in [-0.1, -0.05) is 0 Å². The zero-order valence-electron chi connectivity index (χ0n) is 10.5. The highest BCUT2D eigenvalue weighted by Crippen LogP contribution is 2.26. The van der Waals surface area contributed by atoms with Crippen molar-refractivity contribution in [3.05, 3.63) is 23.8 Å². The standard InChI is InChI=1S/C13H17NO4/c1-8-7-18-9(2)6-14(8)13(17)10-3-4-11(15)12(16)5-10/h3-5,8-9,15-16H,6-7H2,1-2H3. The molecule has 1 saturated heterocycles. The molecular formula is C13H17NO4. The molecule has 5 heteroatoms. The van der Waals surface area contributed by atoms with E-state index in [0.717, 1.165) is 0 Å². The number of amides is 1. The van der Waals surface area contributed by atoms with Crippen LogP contribution in [0.2, 0.25) is 0 Å². The van der Waals surface area contributed by atoms with Crippen molar-refractivity contribution in [2.75, 3.05) is 13.2 Å². The fourth-order valence-electron chi connectivity index (χ4n) is 2.01. The first-order valence-electron chi connectivity index (χ1n) is 5.93. The summed E-state index contributed by atoms with van der Waals surface area (Å²) in [5.41, 5.74) is 0.367. The van der Waals surface area contributed by atoms with E-state index >= 15 is 0 Å². The number of morpholine rings is 1. The van der Waals surface area contributed by atoms with E-state index in [9.17, 15) is 15.0 Å². The van der Waals surface area contributed by atoms with Crippen LogP contribution < -0.4 is 0 Å². The Morgan fingerprint density at radius 3 is 2.72 bits per heavy atom. The smallest absolute Gasteiger partial charge is 0.254 e. The fraction of sp³-hybridized carbons (Fsp3) is 0.462. The van der Waals surface area contributed by atoms with Crippen LogP contribution in [0.1, 0.15) is 24.2 Å². The Labute approximate surface area is 106 Å². The van der Waals surface area contributed by atoms with Crippen LogP contribution in [-0.4, -0.2) is 46.3 Å². The molecule has 1 fully saturated rings. The molecule has 18 heavy (non-hydrogen) atoms. The van der Waals surface area contributed by atoms with Crippen LogP contribution in [0, 0.1) is 0 Å². The third-order valence-electron chi connectivity index (χ3n) is 3.09. The van der Waals surface area contributed by atoms with Gasteiger partial charge in [-0.3, -0.25) is 4.79 Å². The molecule has 1 heterocycles. The topological polar surface area (TPSA) is 70.0 Å². The molecule has 0 spiro atoms. The largest absolute Gasteiger partial charge is 0.504 e. The number of aromatic hydroxyl groups is 2. The Kier molecular flexibility index (Phi) is 3.43. The van der Waals surface area contributed by atoms with E-state index in [4.69, 9.17) is 4.74 Å². The van der Waals surface area contributed by atoms with Crippen molar-refractivity contribution in [1.82, 2.24) is 4.90 Å². The summed E-state index contributed by atoms with van der Waals surface area (Å²) in [5, 5.41) is 18.7. The van der Waals surface area contributed by atoms with E-state index < -0.39 is 0 Å². The van der Waals surface area contributed by atoms with E-state index in [-0.39, 0.29) is 29.6 Å². The molecule has 0 aromatic heterocycles. The number of phenolic OH excluding ortho intramolecular Hbond substituents is 2. The van der Waals surface area contributed by atoms with Gasteiger partial charge < -0.3 is 19.8 Å². The number of ether oxygens (including phenoxy) is 1. The molecule has 1 aliphatic rings. The Balaban J connectivity index is 2.21. The van der Waals surface area contributed by atoms with E-state index in [0.29, 0.717) is 18.7 Å². The van der Waals surface area contributed by atoms with Crippen molar-refractivity contribution in [2.24, 2.45) is 0 Å². The number of benzene rings is 1. The van der Waals surface area contributed by atoms with Crippen LogP contribution in [-0.2, 0) is 4.74 Å². The second-order valence-electron chi connectivity index (χ2n) is 4.65. The van der Waals surface area contributed by atoms with E-state index in [1.165, 1.54) is 18.2 Å². The Hall–Kier alpha value is -1.75. The first-order valence-corrected chi connectivity index (χ1v) is 5.93. The monoisotopic (exact) mass is 251 g/mol. The summed E-state index contributed by atoms with van der Waals surface area (Å²) >= 11 is 0. The van der Waals surface area contributed by atoms with Crippen molar-refractivity contribution in [3.8, 4) is 11.5 Å².